The highest BCUT2D eigenvalue weighted by atomic mass is 31.2. The first-order valence-corrected chi connectivity index (χ1v) is 16.2. The molecule has 0 aromatic heterocycles. The molecule has 2 N–H and O–H groups in total. The SMILES string of the molecule is C=CC[Si](CC=C)(CC=C)C(=CCP(=O)(O)O)[Si](CC=C)(CC=C)CC=C. The molecule has 0 saturated heterocycles. The molecular formula is C21H35O3PSi2. The molecule has 3 nitrogen and oxygen atoms in total. The summed E-state index contributed by atoms with van der Waals surface area (Å²) in [6.07, 6.45) is 13.2. The molecule has 0 fully saturated rings. The summed E-state index contributed by atoms with van der Waals surface area (Å²) >= 11 is 0. The van der Waals surface area contributed by atoms with Crippen molar-refractivity contribution in [2.75, 3.05) is 6.16 Å². The van der Waals surface area contributed by atoms with E-state index in [2.05, 4.69) is 39.5 Å². The van der Waals surface area contributed by atoms with Crippen molar-refractivity contribution in [2.24, 2.45) is 0 Å². The van der Waals surface area contributed by atoms with Crippen LogP contribution < -0.4 is 0 Å². The van der Waals surface area contributed by atoms with Gasteiger partial charge in [-0.1, -0.05) is 47.4 Å². The largest absolute Gasteiger partial charge is 0.329 e. The van der Waals surface area contributed by atoms with E-state index in [9.17, 15) is 14.4 Å². The Hall–Kier alpha value is -1.24. The highest BCUT2D eigenvalue weighted by Crippen LogP contribution is 2.44. The first-order valence-electron chi connectivity index (χ1n) is 9.12. The summed E-state index contributed by atoms with van der Waals surface area (Å²) < 4.78 is 11.7. The summed E-state index contributed by atoms with van der Waals surface area (Å²) in [5.41, 5.74) is 0. The summed E-state index contributed by atoms with van der Waals surface area (Å²) in [7, 11) is -8.54. The maximum absolute atomic E-state index is 11.7. The van der Waals surface area contributed by atoms with Crippen LogP contribution in [0.2, 0.25) is 36.3 Å². The van der Waals surface area contributed by atoms with Gasteiger partial charge in [-0.15, -0.1) is 39.5 Å². The van der Waals surface area contributed by atoms with Gasteiger partial charge in [0, 0.05) is 0 Å². The molecule has 0 heterocycles. The lowest BCUT2D eigenvalue weighted by molar-refractivity contribution is 0.377. The molecule has 0 aliphatic carbocycles. The van der Waals surface area contributed by atoms with Crippen molar-refractivity contribution < 1.29 is 14.4 Å². The Bertz CT molecular complexity index is 538. The highest BCUT2D eigenvalue weighted by Gasteiger charge is 2.45. The third-order valence-electron chi connectivity index (χ3n) is 4.89. The van der Waals surface area contributed by atoms with Crippen LogP contribution in [0.15, 0.2) is 86.8 Å². The minimum absolute atomic E-state index is 0.247. The molecule has 0 aromatic carbocycles. The van der Waals surface area contributed by atoms with Gasteiger partial charge in [0.15, 0.2) is 0 Å². The third-order valence-corrected chi connectivity index (χ3v) is 17.8. The van der Waals surface area contributed by atoms with Crippen LogP contribution in [-0.4, -0.2) is 32.1 Å². The minimum atomic E-state index is -4.16. The van der Waals surface area contributed by atoms with Gasteiger partial charge in [0.05, 0.1) is 22.3 Å². The molecule has 0 unspecified atom stereocenters. The number of hydrogen-bond acceptors (Lipinski definition) is 1. The van der Waals surface area contributed by atoms with Crippen molar-refractivity contribution in [2.45, 2.75) is 36.3 Å². The van der Waals surface area contributed by atoms with Gasteiger partial charge in [0.25, 0.3) is 0 Å². The fourth-order valence-electron chi connectivity index (χ4n) is 4.02. The topological polar surface area (TPSA) is 57.5 Å². The quantitative estimate of drug-likeness (QED) is 0.177. The second-order valence-electron chi connectivity index (χ2n) is 6.98. The summed E-state index contributed by atoms with van der Waals surface area (Å²) in [4.78, 5) is 20.4. The first-order chi connectivity index (χ1) is 12.7. The maximum atomic E-state index is 11.7. The van der Waals surface area contributed by atoms with Gasteiger partial charge in [-0.05, 0) is 36.3 Å². The van der Waals surface area contributed by atoms with E-state index in [1.54, 1.807) is 0 Å². The van der Waals surface area contributed by atoms with E-state index in [1.165, 1.54) is 4.82 Å². The fourth-order valence-corrected chi connectivity index (χ4v) is 17.8. The Balaban J connectivity index is 6.88. The number of rotatable bonds is 16. The smallest absolute Gasteiger partial charge is 0.324 e. The van der Waals surface area contributed by atoms with Crippen LogP contribution in [0.3, 0.4) is 0 Å². The van der Waals surface area contributed by atoms with Crippen molar-refractivity contribution in [3.8, 4) is 0 Å². The molecule has 27 heavy (non-hydrogen) atoms. The average molecular weight is 423 g/mol. The molecular weight excluding hydrogens is 387 g/mol. The fraction of sp³-hybridized carbons (Fsp3) is 0.333. The molecule has 0 aliphatic heterocycles. The average Bonchev–Trinajstić information content (AvgIpc) is 2.55. The number of hydrogen-bond donors (Lipinski definition) is 2. The van der Waals surface area contributed by atoms with Crippen molar-refractivity contribution >= 4 is 23.7 Å². The summed E-state index contributed by atoms with van der Waals surface area (Å²) in [5.74, 6) is 0. The molecule has 0 aliphatic rings. The predicted octanol–water partition coefficient (Wildman–Crippen LogP) is 6.18. The van der Waals surface area contributed by atoms with Gasteiger partial charge in [0.2, 0.25) is 0 Å². The van der Waals surface area contributed by atoms with Crippen molar-refractivity contribution in [1.29, 1.82) is 0 Å². The predicted molar refractivity (Wildman–Crippen MR) is 127 cm³/mol. The molecule has 150 valence electrons. The molecule has 0 aromatic rings. The van der Waals surface area contributed by atoms with E-state index in [4.69, 9.17) is 0 Å². The highest BCUT2D eigenvalue weighted by molar-refractivity contribution is 7.52. The van der Waals surface area contributed by atoms with E-state index in [-0.39, 0.29) is 6.16 Å². The maximum Gasteiger partial charge on any atom is 0.329 e. The van der Waals surface area contributed by atoms with Crippen LogP contribution >= 0.6 is 7.60 Å². The lowest BCUT2D eigenvalue weighted by Gasteiger charge is -2.43. The second-order valence-corrected chi connectivity index (χ2v) is 17.8. The Labute approximate surface area is 167 Å². The summed E-state index contributed by atoms with van der Waals surface area (Å²) in [6, 6.07) is 4.91. The molecule has 6 heteroatoms. The standard InChI is InChI=1S/C21H35O3PSi2/c1-7-15-26(16-8-2,17-9-3)21(13-14-25(22,23)24)27(18-10-4,19-11-5)20-12-6/h7-13H,1-6,14-20H2,(H2,22,23,24). The first kappa shape index (κ1) is 25.8. The molecule has 0 amide bonds. The summed E-state index contributed by atoms with van der Waals surface area (Å²) in [5, 5.41) is 0. The monoisotopic (exact) mass is 422 g/mol. The van der Waals surface area contributed by atoms with Gasteiger partial charge < -0.3 is 9.79 Å². The van der Waals surface area contributed by atoms with E-state index >= 15 is 0 Å². The Kier molecular flexibility index (Phi) is 11.7. The Morgan fingerprint density at radius 3 is 1.11 bits per heavy atom. The second kappa shape index (κ2) is 12.3. The Morgan fingerprint density at radius 1 is 0.667 bits per heavy atom. The van der Waals surface area contributed by atoms with Crippen LogP contribution in [0.5, 0.6) is 0 Å². The van der Waals surface area contributed by atoms with Crippen LogP contribution in [0, 0.1) is 0 Å². The van der Waals surface area contributed by atoms with Gasteiger partial charge >= 0.3 is 7.60 Å². The molecule has 0 saturated carbocycles. The van der Waals surface area contributed by atoms with Crippen LogP contribution in [0.1, 0.15) is 0 Å². The molecule has 0 spiro atoms. The van der Waals surface area contributed by atoms with Crippen LogP contribution in [-0.2, 0) is 4.57 Å². The van der Waals surface area contributed by atoms with Gasteiger partial charge in [-0.2, -0.15) is 0 Å². The zero-order chi connectivity index (χ0) is 21.0. The van der Waals surface area contributed by atoms with Gasteiger partial charge in [-0.25, -0.2) is 0 Å². The molecule has 0 bridgehead atoms. The summed E-state index contributed by atoms with van der Waals surface area (Å²) in [6.45, 7) is 23.8. The molecule has 0 radical (unpaired) electrons. The van der Waals surface area contributed by atoms with E-state index in [0.29, 0.717) is 0 Å². The molecule has 0 rings (SSSR count). The van der Waals surface area contributed by atoms with E-state index in [0.717, 1.165) is 36.3 Å². The van der Waals surface area contributed by atoms with Crippen molar-refractivity contribution in [3.05, 3.63) is 86.8 Å². The zero-order valence-electron chi connectivity index (χ0n) is 16.5. The van der Waals surface area contributed by atoms with Crippen LogP contribution in [0.4, 0.5) is 0 Å². The van der Waals surface area contributed by atoms with Crippen LogP contribution in [0.25, 0.3) is 0 Å². The van der Waals surface area contributed by atoms with Gasteiger partial charge in [0.1, 0.15) is 0 Å². The lowest BCUT2D eigenvalue weighted by Crippen LogP contribution is -2.50. The molecule has 0 atom stereocenters. The zero-order valence-corrected chi connectivity index (χ0v) is 19.4. The van der Waals surface area contributed by atoms with Crippen molar-refractivity contribution in [3.63, 3.8) is 0 Å². The Morgan fingerprint density at radius 2 is 0.926 bits per heavy atom. The van der Waals surface area contributed by atoms with E-state index < -0.39 is 23.7 Å². The van der Waals surface area contributed by atoms with Gasteiger partial charge in [-0.3, -0.25) is 4.57 Å². The minimum Gasteiger partial charge on any atom is -0.324 e. The number of allylic oxidation sites excluding steroid dienone is 7. The van der Waals surface area contributed by atoms with E-state index in [1.807, 2.05) is 42.5 Å². The van der Waals surface area contributed by atoms with Crippen molar-refractivity contribution in [1.82, 2.24) is 0 Å². The normalized spacial score (nSPS) is 11.9. The third kappa shape index (κ3) is 7.72. The lowest BCUT2D eigenvalue weighted by atomic mass is 10.7.